The molecule has 0 aliphatic rings. The van der Waals surface area contributed by atoms with Crippen molar-refractivity contribution in [2.75, 3.05) is 14.2 Å². The van der Waals surface area contributed by atoms with Gasteiger partial charge >= 0.3 is 0 Å². The summed E-state index contributed by atoms with van der Waals surface area (Å²) >= 11 is 0. The number of carbonyl (C=O) groups excluding carboxylic acids is 1. The van der Waals surface area contributed by atoms with E-state index >= 15 is 0 Å². The molecule has 0 aliphatic heterocycles. The second-order valence-electron chi connectivity index (χ2n) is 6.95. The number of nitrogens with zero attached hydrogens (tertiary/aromatic N) is 3. The second kappa shape index (κ2) is 8.77. The van der Waals surface area contributed by atoms with Crippen molar-refractivity contribution in [2.24, 2.45) is 0 Å². The first-order valence-corrected chi connectivity index (χ1v) is 9.36. The van der Waals surface area contributed by atoms with E-state index in [4.69, 9.17) is 14.0 Å². The number of methoxy groups -OCH3 is 2. The number of amides is 1. The maximum Gasteiger partial charge on any atom is 0.258 e. The normalized spacial score (nSPS) is 10.8. The summed E-state index contributed by atoms with van der Waals surface area (Å²) in [6, 6.07) is 13.0. The van der Waals surface area contributed by atoms with Crippen LogP contribution in [0.5, 0.6) is 11.5 Å². The molecular weight excluding hydrogens is 370 g/mol. The van der Waals surface area contributed by atoms with Crippen molar-refractivity contribution in [1.82, 2.24) is 15.0 Å². The summed E-state index contributed by atoms with van der Waals surface area (Å²) in [4.78, 5) is 19.4. The van der Waals surface area contributed by atoms with Crippen LogP contribution in [-0.4, -0.2) is 41.2 Å². The minimum absolute atomic E-state index is 0.0897. The van der Waals surface area contributed by atoms with Gasteiger partial charge in [0.25, 0.3) is 5.91 Å². The first-order chi connectivity index (χ1) is 13.9. The zero-order chi connectivity index (χ0) is 21.0. The van der Waals surface area contributed by atoms with Crippen molar-refractivity contribution < 1.29 is 18.8 Å². The van der Waals surface area contributed by atoms with E-state index in [0.29, 0.717) is 28.8 Å². The summed E-state index contributed by atoms with van der Waals surface area (Å²) in [5, 5.41) is 4.05. The Morgan fingerprint density at radius 2 is 1.83 bits per heavy atom. The van der Waals surface area contributed by atoms with Crippen molar-refractivity contribution in [3.63, 3.8) is 0 Å². The quantitative estimate of drug-likeness (QED) is 0.599. The number of benzene rings is 2. The van der Waals surface area contributed by atoms with E-state index in [0.717, 1.165) is 11.1 Å². The Labute approximate surface area is 170 Å². The highest BCUT2D eigenvalue weighted by molar-refractivity contribution is 5.98. The predicted molar refractivity (Wildman–Crippen MR) is 109 cm³/mol. The maximum absolute atomic E-state index is 13.3. The van der Waals surface area contributed by atoms with Crippen LogP contribution in [0.15, 0.2) is 47.0 Å². The molecule has 0 saturated heterocycles. The van der Waals surface area contributed by atoms with Crippen LogP contribution < -0.4 is 9.47 Å². The van der Waals surface area contributed by atoms with Gasteiger partial charge in [0.15, 0.2) is 11.5 Å². The molecule has 0 radical (unpaired) electrons. The molecule has 2 aromatic carbocycles. The van der Waals surface area contributed by atoms with Crippen molar-refractivity contribution in [3.8, 4) is 22.9 Å². The Morgan fingerprint density at radius 1 is 1.10 bits per heavy atom. The molecular formula is C22H25N3O4. The molecule has 152 valence electrons. The summed E-state index contributed by atoms with van der Waals surface area (Å²) < 4.78 is 16.1. The molecule has 0 atom stereocenters. The highest BCUT2D eigenvalue weighted by Gasteiger charge is 2.26. The molecule has 0 spiro atoms. The van der Waals surface area contributed by atoms with Gasteiger partial charge in [-0.05, 0) is 32.9 Å². The van der Waals surface area contributed by atoms with E-state index in [2.05, 4.69) is 10.1 Å². The highest BCUT2D eigenvalue weighted by atomic mass is 16.5. The standard InChI is InChI=1S/C22H25N3O4/c1-14(2)25(22(26)17-7-6-8-18(27-4)20(17)28-5)13-19-23-21(24-29-19)16-11-9-15(3)10-12-16/h6-12,14H,13H2,1-5H3. The van der Waals surface area contributed by atoms with E-state index in [1.807, 2.05) is 45.0 Å². The summed E-state index contributed by atoms with van der Waals surface area (Å²) in [6.45, 7) is 6.07. The van der Waals surface area contributed by atoms with Gasteiger partial charge in [0.2, 0.25) is 11.7 Å². The average molecular weight is 395 g/mol. The number of para-hydroxylation sites is 1. The van der Waals surface area contributed by atoms with Gasteiger partial charge in [-0.25, -0.2) is 0 Å². The van der Waals surface area contributed by atoms with Crippen LogP contribution in [0.2, 0.25) is 0 Å². The van der Waals surface area contributed by atoms with Crippen LogP contribution in [0.3, 0.4) is 0 Å². The second-order valence-corrected chi connectivity index (χ2v) is 6.95. The molecule has 1 amide bonds. The van der Waals surface area contributed by atoms with Crippen LogP contribution in [0.25, 0.3) is 11.4 Å². The number of aryl methyl sites for hydroxylation is 1. The lowest BCUT2D eigenvalue weighted by molar-refractivity contribution is 0.0663. The molecule has 3 aromatic rings. The third kappa shape index (κ3) is 4.39. The summed E-state index contributed by atoms with van der Waals surface area (Å²) in [5.41, 5.74) is 2.43. The smallest absolute Gasteiger partial charge is 0.258 e. The largest absolute Gasteiger partial charge is 0.493 e. The Balaban J connectivity index is 1.86. The van der Waals surface area contributed by atoms with E-state index in [1.165, 1.54) is 14.2 Å². The molecule has 3 rings (SSSR count). The van der Waals surface area contributed by atoms with Crippen molar-refractivity contribution in [3.05, 3.63) is 59.5 Å². The lowest BCUT2D eigenvalue weighted by atomic mass is 10.1. The Morgan fingerprint density at radius 3 is 2.45 bits per heavy atom. The Bertz CT molecular complexity index is 980. The predicted octanol–water partition coefficient (Wildman–Crippen LogP) is 4.11. The number of hydrogen-bond acceptors (Lipinski definition) is 6. The topological polar surface area (TPSA) is 77.7 Å². The lowest BCUT2D eigenvalue weighted by Gasteiger charge is -2.26. The fourth-order valence-corrected chi connectivity index (χ4v) is 2.98. The molecule has 1 heterocycles. The van der Waals surface area contributed by atoms with Crippen molar-refractivity contribution in [2.45, 2.75) is 33.4 Å². The van der Waals surface area contributed by atoms with E-state index in [9.17, 15) is 4.79 Å². The Kier molecular flexibility index (Phi) is 6.16. The number of hydrogen-bond donors (Lipinski definition) is 0. The van der Waals surface area contributed by atoms with Gasteiger partial charge in [-0.1, -0.05) is 41.1 Å². The van der Waals surface area contributed by atoms with E-state index in [-0.39, 0.29) is 18.5 Å². The summed E-state index contributed by atoms with van der Waals surface area (Å²) in [7, 11) is 3.05. The molecule has 7 nitrogen and oxygen atoms in total. The number of carbonyl (C=O) groups is 1. The number of rotatable bonds is 7. The molecule has 0 aliphatic carbocycles. The van der Waals surface area contributed by atoms with Crippen LogP contribution in [-0.2, 0) is 6.54 Å². The molecule has 0 N–H and O–H groups in total. The fourth-order valence-electron chi connectivity index (χ4n) is 2.98. The summed E-state index contributed by atoms with van der Waals surface area (Å²) in [5.74, 6) is 1.56. The third-order valence-electron chi connectivity index (χ3n) is 4.60. The van der Waals surface area contributed by atoms with E-state index in [1.54, 1.807) is 23.1 Å². The molecule has 0 bridgehead atoms. The third-order valence-corrected chi connectivity index (χ3v) is 4.60. The van der Waals surface area contributed by atoms with Crippen LogP contribution in [0, 0.1) is 6.92 Å². The molecule has 0 saturated carbocycles. The first-order valence-electron chi connectivity index (χ1n) is 9.36. The fraction of sp³-hybridized carbons (Fsp3) is 0.318. The zero-order valence-electron chi connectivity index (χ0n) is 17.3. The molecule has 0 unspecified atom stereocenters. The van der Waals surface area contributed by atoms with E-state index < -0.39 is 0 Å². The van der Waals surface area contributed by atoms with Gasteiger partial charge < -0.3 is 18.9 Å². The van der Waals surface area contributed by atoms with Crippen LogP contribution >= 0.6 is 0 Å². The van der Waals surface area contributed by atoms with Gasteiger partial charge in [0, 0.05) is 11.6 Å². The molecule has 29 heavy (non-hydrogen) atoms. The first kappa shape index (κ1) is 20.4. The summed E-state index contributed by atoms with van der Waals surface area (Å²) in [6.07, 6.45) is 0. The average Bonchev–Trinajstić information content (AvgIpc) is 3.19. The van der Waals surface area contributed by atoms with Crippen LogP contribution in [0.1, 0.15) is 35.7 Å². The minimum atomic E-state index is -0.203. The van der Waals surface area contributed by atoms with Gasteiger partial charge in [-0.2, -0.15) is 4.98 Å². The van der Waals surface area contributed by atoms with Gasteiger partial charge in [0.05, 0.1) is 19.8 Å². The SMILES string of the molecule is COc1cccc(C(=O)N(Cc2nc(-c3ccc(C)cc3)no2)C(C)C)c1OC. The zero-order valence-corrected chi connectivity index (χ0v) is 17.3. The molecule has 1 aromatic heterocycles. The van der Waals surface area contributed by atoms with Gasteiger partial charge in [-0.15, -0.1) is 0 Å². The van der Waals surface area contributed by atoms with Crippen molar-refractivity contribution in [1.29, 1.82) is 0 Å². The number of ether oxygens (including phenoxy) is 2. The molecule has 7 heteroatoms. The highest BCUT2D eigenvalue weighted by Crippen LogP contribution is 2.32. The van der Waals surface area contributed by atoms with Crippen LogP contribution in [0.4, 0.5) is 0 Å². The van der Waals surface area contributed by atoms with Crippen molar-refractivity contribution >= 4 is 5.91 Å². The number of aromatic nitrogens is 2. The van der Waals surface area contributed by atoms with Gasteiger partial charge in [-0.3, -0.25) is 4.79 Å². The minimum Gasteiger partial charge on any atom is -0.493 e. The Hall–Kier alpha value is -3.35. The van der Waals surface area contributed by atoms with Gasteiger partial charge in [0.1, 0.15) is 6.54 Å². The maximum atomic E-state index is 13.3. The monoisotopic (exact) mass is 395 g/mol. The molecule has 0 fully saturated rings. The lowest BCUT2D eigenvalue weighted by Crippen LogP contribution is -2.36.